The molecule has 0 fully saturated rings. The lowest BCUT2D eigenvalue weighted by Crippen LogP contribution is -2.16. The SMILES string of the molecule is O=CC1=C(c2ccc(F)cc2)C(c2ccccc2)C1. The number of hydrogen-bond donors (Lipinski definition) is 0. The maximum absolute atomic E-state index is 13.0. The zero-order valence-corrected chi connectivity index (χ0v) is 10.3. The molecule has 0 N–H and O–H groups in total. The molecule has 0 saturated heterocycles. The first kappa shape index (κ1) is 11.8. The van der Waals surface area contributed by atoms with Crippen molar-refractivity contribution < 1.29 is 9.18 Å². The molecule has 2 aromatic rings. The van der Waals surface area contributed by atoms with Gasteiger partial charge in [-0.15, -0.1) is 0 Å². The van der Waals surface area contributed by atoms with Crippen LogP contribution in [0.4, 0.5) is 4.39 Å². The van der Waals surface area contributed by atoms with Crippen LogP contribution in [0.2, 0.25) is 0 Å². The molecule has 0 bridgehead atoms. The second-order valence-corrected chi connectivity index (χ2v) is 4.73. The Balaban J connectivity index is 2.01. The van der Waals surface area contributed by atoms with Crippen molar-refractivity contribution in [2.24, 2.45) is 0 Å². The second kappa shape index (κ2) is 4.81. The van der Waals surface area contributed by atoms with Crippen LogP contribution in [-0.4, -0.2) is 6.29 Å². The van der Waals surface area contributed by atoms with Crippen LogP contribution in [0.15, 0.2) is 60.2 Å². The monoisotopic (exact) mass is 252 g/mol. The molecule has 0 radical (unpaired) electrons. The average Bonchev–Trinajstić information content (AvgIpc) is 2.42. The molecule has 94 valence electrons. The molecule has 1 nitrogen and oxygen atoms in total. The summed E-state index contributed by atoms with van der Waals surface area (Å²) in [7, 11) is 0. The molecule has 0 amide bonds. The lowest BCUT2D eigenvalue weighted by atomic mass is 9.71. The van der Waals surface area contributed by atoms with E-state index in [4.69, 9.17) is 0 Å². The Morgan fingerprint density at radius 3 is 2.32 bits per heavy atom. The number of rotatable bonds is 3. The van der Waals surface area contributed by atoms with Crippen molar-refractivity contribution in [2.45, 2.75) is 12.3 Å². The van der Waals surface area contributed by atoms with E-state index in [1.807, 2.05) is 18.2 Å². The van der Waals surface area contributed by atoms with Crippen molar-refractivity contribution in [3.8, 4) is 0 Å². The summed E-state index contributed by atoms with van der Waals surface area (Å²) >= 11 is 0. The van der Waals surface area contributed by atoms with Crippen molar-refractivity contribution in [1.29, 1.82) is 0 Å². The number of aldehydes is 1. The Morgan fingerprint density at radius 1 is 1.00 bits per heavy atom. The van der Waals surface area contributed by atoms with Gasteiger partial charge in [0.05, 0.1) is 0 Å². The first-order valence-corrected chi connectivity index (χ1v) is 6.28. The van der Waals surface area contributed by atoms with Gasteiger partial charge in [0.1, 0.15) is 12.1 Å². The summed E-state index contributed by atoms with van der Waals surface area (Å²) in [5, 5.41) is 0. The zero-order valence-electron chi connectivity index (χ0n) is 10.3. The van der Waals surface area contributed by atoms with Gasteiger partial charge in [-0.25, -0.2) is 4.39 Å². The highest BCUT2D eigenvalue weighted by molar-refractivity contribution is 5.95. The predicted molar refractivity (Wildman–Crippen MR) is 73.2 cm³/mol. The highest BCUT2D eigenvalue weighted by Gasteiger charge is 2.31. The van der Waals surface area contributed by atoms with Gasteiger partial charge in [-0.2, -0.15) is 0 Å². The molecule has 0 aromatic heterocycles. The van der Waals surface area contributed by atoms with Gasteiger partial charge >= 0.3 is 0 Å². The fourth-order valence-electron chi connectivity index (χ4n) is 2.62. The van der Waals surface area contributed by atoms with Crippen molar-refractivity contribution in [2.75, 3.05) is 0 Å². The Bertz CT molecular complexity index is 626. The van der Waals surface area contributed by atoms with E-state index >= 15 is 0 Å². The summed E-state index contributed by atoms with van der Waals surface area (Å²) < 4.78 is 13.0. The van der Waals surface area contributed by atoms with Crippen molar-refractivity contribution >= 4 is 11.9 Å². The Kier molecular flexibility index (Phi) is 3.00. The number of carbonyl (C=O) groups is 1. The molecule has 2 aromatic carbocycles. The van der Waals surface area contributed by atoms with Crippen molar-refractivity contribution in [3.63, 3.8) is 0 Å². The van der Waals surface area contributed by atoms with Crippen LogP contribution in [-0.2, 0) is 4.79 Å². The Morgan fingerprint density at radius 2 is 1.68 bits per heavy atom. The summed E-state index contributed by atoms with van der Waals surface area (Å²) in [4.78, 5) is 11.1. The maximum atomic E-state index is 13.0. The number of benzene rings is 2. The van der Waals surface area contributed by atoms with E-state index in [0.717, 1.165) is 29.4 Å². The van der Waals surface area contributed by atoms with E-state index in [-0.39, 0.29) is 11.7 Å². The standard InChI is InChI=1S/C17H13FO/c18-15-8-6-13(7-9-15)17-14(11-19)10-16(17)12-4-2-1-3-5-12/h1-9,11,16H,10H2. The predicted octanol–water partition coefficient (Wildman–Crippen LogP) is 3.97. The molecule has 1 aliphatic rings. The van der Waals surface area contributed by atoms with Gasteiger partial charge in [0.25, 0.3) is 0 Å². The van der Waals surface area contributed by atoms with Crippen molar-refractivity contribution in [1.82, 2.24) is 0 Å². The molecule has 2 heteroatoms. The zero-order chi connectivity index (χ0) is 13.2. The van der Waals surface area contributed by atoms with E-state index in [1.54, 1.807) is 12.1 Å². The van der Waals surface area contributed by atoms with Crippen LogP contribution in [0.25, 0.3) is 5.57 Å². The average molecular weight is 252 g/mol. The van der Waals surface area contributed by atoms with Gasteiger partial charge in [0, 0.05) is 5.92 Å². The fourth-order valence-corrected chi connectivity index (χ4v) is 2.62. The van der Waals surface area contributed by atoms with Crippen LogP contribution < -0.4 is 0 Å². The summed E-state index contributed by atoms with van der Waals surface area (Å²) in [5.74, 6) is -0.0144. The van der Waals surface area contributed by atoms with Gasteiger partial charge in [-0.3, -0.25) is 4.79 Å². The topological polar surface area (TPSA) is 17.1 Å². The van der Waals surface area contributed by atoms with Crippen LogP contribution in [0.3, 0.4) is 0 Å². The van der Waals surface area contributed by atoms with Gasteiger partial charge in [0.15, 0.2) is 0 Å². The van der Waals surface area contributed by atoms with Crippen molar-refractivity contribution in [3.05, 3.63) is 77.1 Å². The fraction of sp³-hybridized carbons (Fsp3) is 0.118. The highest BCUT2D eigenvalue weighted by atomic mass is 19.1. The van der Waals surface area contributed by atoms with E-state index in [2.05, 4.69) is 12.1 Å². The van der Waals surface area contributed by atoms with Crippen LogP contribution in [0.1, 0.15) is 23.5 Å². The minimum atomic E-state index is -0.257. The molecule has 0 heterocycles. The summed E-state index contributed by atoms with van der Waals surface area (Å²) in [5.41, 5.74) is 3.98. The molecule has 19 heavy (non-hydrogen) atoms. The van der Waals surface area contributed by atoms with E-state index in [1.165, 1.54) is 17.7 Å². The third-order valence-corrected chi connectivity index (χ3v) is 3.62. The van der Waals surface area contributed by atoms with E-state index in [0.29, 0.717) is 0 Å². The lowest BCUT2D eigenvalue weighted by Gasteiger charge is -2.32. The van der Waals surface area contributed by atoms with Crippen LogP contribution >= 0.6 is 0 Å². The number of hydrogen-bond acceptors (Lipinski definition) is 1. The highest BCUT2D eigenvalue weighted by Crippen LogP contribution is 2.47. The molecule has 1 unspecified atom stereocenters. The third-order valence-electron chi connectivity index (χ3n) is 3.62. The summed E-state index contributed by atoms with van der Waals surface area (Å²) in [6.45, 7) is 0. The first-order valence-electron chi connectivity index (χ1n) is 6.28. The van der Waals surface area contributed by atoms with Crippen LogP contribution in [0.5, 0.6) is 0 Å². The molecule has 0 aliphatic heterocycles. The van der Waals surface area contributed by atoms with Gasteiger partial charge < -0.3 is 0 Å². The van der Waals surface area contributed by atoms with E-state index < -0.39 is 0 Å². The molecule has 0 spiro atoms. The number of carbonyl (C=O) groups excluding carboxylic acids is 1. The second-order valence-electron chi connectivity index (χ2n) is 4.73. The molecule has 1 atom stereocenters. The Hall–Kier alpha value is -2.22. The minimum absolute atomic E-state index is 0.242. The molecule has 1 aliphatic carbocycles. The van der Waals surface area contributed by atoms with Gasteiger partial charge in [-0.05, 0) is 40.8 Å². The lowest BCUT2D eigenvalue weighted by molar-refractivity contribution is -0.105. The number of allylic oxidation sites excluding steroid dienone is 2. The van der Waals surface area contributed by atoms with Crippen LogP contribution in [0, 0.1) is 5.82 Å². The summed E-state index contributed by atoms with van der Waals surface area (Å²) in [6, 6.07) is 16.4. The maximum Gasteiger partial charge on any atom is 0.146 e. The van der Waals surface area contributed by atoms with Gasteiger partial charge in [0.2, 0.25) is 0 Å². The van der Waals surface area contributed by atoms with E-state index in [9.17, 15) is 9.18 Å². The normalized spacial score (nSPS) is 18.1. The Labute approximate surface area is 111 Å². The minimum Gasteiger partial charge on any atom is -0.298 e. The number of halogens is 1. The largest absolute Gasteiger partial charge is 0.298 e. The third kappa shape index (κ3) is 2.10. The molecule has 3 rings (SSSR count). The smallest absolute Gasteiger partial charge is 0.146 e. The first-order chi connectivity index (χ1) is 9.29. The molecular formula is C17H13FO. The molecular weight excluding hydrogens is 239 g/mol. The quantitative estimate of drug-likeness (QED) is 0.755. The molecule has 0 saturated carbocycles. The van der Waals surface area contributed by atoms with Gasteiger partial charge in [-0.1, -0.05) is 42.5 Å². The summed E-state index contributed by atoms with van der Waals surface area (Å²) in [6.07, 6.45) is 1.68.